The van der Waals surface area contributed by atoms with Crippen molar-refractivity contribution in [3.63, 3.8) is 0 Å². The number of rotatable bonds is 4. The van der Waals surface area contributed by atoms with Gasteiger partial charge in [0.25, 0.3) is 0 Å². The Morgan fingerprint density at radius 1 is 1.36 bits per heavy atom. The molecule has 0 aliphatic heterocycles. The molecule has 0 unspecified atom stereocenters. The van der Waals surface area contributed by atoms with Crippen molar-refractivity contribution in [2.24, 2.45) is 0 Å². The molecule has 14 heavy (non-hydrogen) atoms. The quantitative estimate of drug-likeness (QED) is 0.461. The van der Waals surface area contributed by atoms with Crippen molar-refractivity contribution in [3.05, 3.63) is 60.7 Å². The van der Waals surface area contributed by atoms with E-state index in [4.69, 9.17) is 6.58 Å². The van der Waals surface area contributed by atoms with Crippen LogP contribution >= 0.6 is 0 Å². The Kier molecular flexibility index (Phi) is 7.54. The topological polar surface area (TPSA) is 17.1 Å². The average Bonchev–Trinajstić information content (AvgIpc) is 2.19. The molecule has 1 aromatic carbocycles. The Labute approximate surface area is 110 Å². The molecule has 0 atom stereocenters. The zero-order chi connectivity index (χ0) is 9.52. The minimum absolute atomic E-state index is 0. The minimum atomic E-state index is 0. The van der Waals surface area contributed by atoms with Crippen LogP contribution < -0.4 is 0 Å². The van der Waals surface area contributed by atoms with Crippen LogP contribution in [0.3, 0.4) is 0 Å². The Hall–Kier alpha value is -0.526. The van der Waals surface area contributed by atoms with Gasteiger partial charge in [0.15, 0.2) is 0 Å². The number of allylic oxidation sites excluding steroid dienone is 3. The number of carbonyl (C=O) groups excluding carboxylic acids is 1. The van der Waals surface area contributed by atoms with Crippen molar-refractivity contribution in [1.82, 2.24) is 0 Å². The van der Waals surface area contributed by atoms with Gasteiger partial charge in [-0.05, 0) is 0 Å². The minimum Gasteiger partial charge on any atom is -0.394 e. The maximum absolute atomic E-state index is 11.4. The van der Waals surface area contributed by atoms with E-state index < -0.39 is 0 Å². The summed E-state index contributed by atoms with van der Waals surface area (Å²) in [7, 11) is 0. The van der Waals surface area contributed by atoms with E-state index >= 15 is 0 Å². The number of ketones is 1. The van der Waals surface area contributed by atoms with Crippen LogP contribution in [-0.4, -0.2) is 5.78 Å². The Balaban J connectivity index is 0.00000169. The molecule has 69 valence electrons. The van der Waals surface area contributed by atoms with Gasteiger partial charge in [0, 0.05) is 38.3 Å². The molecule has 0 amide bonds. The van der Waals surface area contributed by atoms with Gasteiger partial charge in [-0.1, -0.05) is 36.8 Å². The van der Waals surface area contributed by atoms with Crippen LogP contribution in [0.25, 0.3) is 0 Å². The maximum Gasteiger partial charge on any atom is 0.147 e. The molecule has 1 radical (unpaired) electrons. The van der Waals surface area contributed by atoms with E-state index in [0.29, 0.717) is 5.56 Å². The summed E-state index contributed by atoms with van der Waals surface area (Å²) in [6, 6.07) is 9.13. The van der Waals surface area contributed by atoms with Crippen LogP contribution in [0.1, 0.15) is 16.8 Å². The molecule has 1 aromatic rings. The fraction of sp³-hybridized carbons (Fsp3) is 0.0833. The van der Waals surface area contributed by atoms with Crippen molar-refractivity contribution in [2.45, 2.75) is 6.42 Å². The normalized spacial score (nSPS) is 9.43. The smallest absolute Gasteiger partial charge is 0.147 e. The van der Waals surface area contributed by atoms with Gasteiger partial charge in [0.1, 0.15) is 5.78 Å². The van der Waals surface area contributed by atoms with Crippen LogP contribution in [0, 0.1) is 12.7 Å². The van der Waals surface area contributed by atoms with Crippen LogP contribution in [-0.2, 0) is 32.7 Å². The SMILES string of the molecule is [CH-]=CC=[C-]CC(=O)c1ccccc1.[Y]. The van der Waals surface area contributed by atoms with E-state index in [-0.39, 0.29) is 44.9 Å². The summed E-state index contributed by atoms with van der Waals surface area (Å²) in [6.45, 7) is 5.10. The average molecular weight is 259 g/mol. The second-order valence-corrected chi connectivity index (χ2v) is 2.53. The largest absolute Gasteiger partial charge is 0.394 e. The van der Waals surface area contributed by atoms with Gasteiger partial charge in [-0.3, -0.25) is 4.79 Å². The predicted molar refractivity (Wildman–Crippen MR) is 52.1 cm³/mol. The first-order valence-electron chi connectivity index (χ1n) is 4.03. The van der Waals surface area contributed by atoms with Gasteiger partial charge < -0.3 is 24.8 Å². The summed E-state index contributed by atoms with van der Waals surface area (Å²) in [6.07, 6.45) is 5.96. The predicted octanol–water partition coefficient (Wildman–Crippen LogP) is 2.61. The molecule has 0 saturated carbocycles. The molecule has 1 rings (SSSR count). The van der Waals surface area contributed by atoms with Gasteiger partial charge in [0.2, 0.25) is 0 Å². The standard InChI is InChI=1S/C12H10O.Y/c1-2-3-5-10-12(13)11-8-6-4-7-9-11;/h1-4,6-9H,10H2;/q-2;. The molecular weight excluding hydrogens is 249 g/mol. The van der Waals surface area contributed by atoms with Crippen molar-refractivity contribution in [3.8, 4) is 0 Å². The molecule has 0 bridgehead atoms. The zero-order valence-corrected chi connectivity index (χ0v) is 10.6. The number of carbonyl (C=O) groups is 1. The third-order valence-corrected chi connectivity index (χ3v) is 1.57. The molecule has 0 aromatic heterocycles. The third kappa shape index (κ3) is 4.64. The molecule has 1 nitrogen and oxygen atoms in total. The monoisotopic (exact) mass is 259 g/mol. The fourth-order valence-corrected chi connectivity index (χ4v) is 0.946. The summed E-state index contributed by atoms with van der Waals surface area (Å²) in [5.41, 5.74) is 0.709. The third-order valence-electron chi connectivity index (χ3n) is 1.57. The fourth-order valence-electron chi connectivity index (χ4n) is 0.946. The van der Waals surface area contributed by atoms with E-state index in [1.54, 1.807) is 18.2 Å². The van der Waals surface area contributed by atoms with E-state index in [1.807, 2.05) is 18.2 Å². The van der Waals surface area contributed by atoms with Crippen LogP contribution in [0.15, 0.2) is 42.5 Å². The van der Waals surface area contributed by atoms with Gasteiger partial charge >= 0.3 is 0 Å². The molecule has 0 aliphatic carbocycles. The van der Waals surface area contributed by atoms with Crippen LogP contribution in [0.4, 0.5) is 0 Å². The number of benzene rings is 1. The van der Waals surface area contributed by atoms with Crippen molar-refractivity contribution in [1.29, 1.82) is 0 Å². The molecule has 0 aliphatic rings. The first kappa shape index (κ1) is 13.5. The first-order valence-corrected chi connectivity index (χ1v) is 4.03. The van der Waals surface area contributed by atoms with Crippen molar-refractivity contribution < 1.29 is 37.5 Å². The second-order valence-electron chi connectivity index (χ2n) is 2.53. The van der Waals surface area contributed by atoms with E-state index in [9.17, 15) is 4.79 Å². The number of hydrogen-bond acceptors (Lipinski definition) is 1. The van der Waals surface area contributed by atoms with Crippen LogP contribution in [0.2, 0.25) is 0 Å². The molecule has 0 fully saturated rings. The Bertz CT molecular complexity index is 314. The Morgan fingerprint density at radius 2 is 2.00 bits per heavy atom. The maximum atomic E-state index is 11.4. The van der Waals surface area contributed by atoms with E-state index in [0.717, 1.165) is 0 Å². The molecular formula is C12H10OY-2. The molecule has 0 N–H and O–H groups in total. The van der Waals surface area contributed by atoms with Gasteiger partial charge in [-0.15, -0.1) is 0 Å². The summed E-state index contributed by atoms with van der Waals surface area (Å²) in [4.78, 5) is 11.4. The summed E-state index contributed by atoms with van der Waals surface area (Å²) in [5.74, 6) is 0.0544. The van der Waals surface area contributed by atoms with Gasteiger partial charge in [-0.2, -0.15) is 0 Å². The van der Waals surface area contributed by atoms with Gasteiger partial charge in [-0.25, -0.2) is 0 Å². The zero-order valence-electron chi connectivity index (χ0n) is 7.81. The molecule has 0 saturated heterocycles. The molecule has 0 heterocycles. The van der Waals surface area contributed by atoms with E-state index in [2.05, 4.69) is 6.08 Å². The summed E-state index contributed by atoms with van der Waals surface area (Å²) in [5, 5.41) is 0. The first-order chi connectivity index (χ1) is 6.34. The van der Waals surface area contributed by atoms with E-state index in [1.165, 1.54) is 6.08 Å². The summed E-state index contributed by atoms with van der Waals surface area (Å²) >= 11 is 0. The molecule has 2 heteroatoms. The second kappa shape index (κ2) is 7.84. The molecule has 0 spiro atoms. The number of Topliss-reactive ketones (excluding diaryl/α,β-unsaturated/α-hetero) is 1. The van der Waals surface area contributed by atoms with Crippen molar-refractivity contribution in [2.75, 3.05) is 0 Å². The number of hydrogen-bond donors (Lipinski definition) is 0. The Morgan fingerprint density at radius 3 is 2.57 bits per heavy atom. The van der Waals surface area contributed by atoms with Gasteiger partial charge in [0.05, 0.1) is 0 Å². The summed E-state index contributed by atoms with van der Waals surface area (Å²) < 4.78 is 0. The van der Waals surface area contributed by atoms with Crippen molar-refractivity contribution >= 4 is 5.78 Å². The van der Waals surface area contributed by atoms with Crippen LogP contribution in [0.5, 0.6) is 0 Å².